The fraction of sp³-hybridized carbons (Fsp3) is 0.769. The normalized spacial score (nSPS) is 11.2. The van der Waals surface area contributed by atoms with Crippen molar-refractivity contribution in [2.75, 3.05) is 37.0 Å². The van der Waals surface area contributed by atoms with Crippen LogP contribution in [0.2, 0.25) is 0 Å². The first-order chi connectivity index (χ1) is 8.54. The number of aryl methyl sites for hydroxylation is 1. The third-order valence-corrected chi connectivity index (χ3v) is 4.54. The zero-order valence-corrected chi connectivity index (χ0v) is 13.7. The van der Waals surface area contributed by atoms with Gasteiger partial charge in [0.1, 0.15) is 0 Å². The molecule has 0 radical (unpaired) electrons. The van der Waals surface area contributed by atoms with E-state index in [0.717, 1.165) is 30.5 Å². The molecule has 1 N–H and O–H groups in total. The van der Waals surface area contributed by atoms with Gasteiger partial charge in [0.25, 0.3) is 0 Å². The molecule has 18 heavy (non-hydrogen) atoms. The average molecular weight is 287 g/mol. The number of hydrogen-bond acceptors (Lipinski definition) is 5. The third-order valence-electron chi connectivity index (χ3n) is 2.68. The molecule has 0 aliphatic rings. The van der Waals surface area contributed by atoms with Gasteiger partial charge in [-0.25, -0.2) is 4.98 Å². The van der Waals surface area contributed by atoms with Crippen LogP contribution in [0.15, 0.2) is 0 Å². The standard InChI is InChI=1S/C13H25N3S2/c1-10(2)8-14-9-12-11(3)15-13(18-12)16(4)6-7-17-5/h10,14H,6-9H2,1-5H3. The molecule has 0 aliphatic heterocycles. The maximum Gasteiger partial charge on any atom is 0.185 e. The molecule has 1 heterocycles. The van der Waals surface area contributed by atoms with Crippen LogP contribution in [0.4, 0.5) is 5.13 Å². The van der Waals surface area contributed by atoms with Crippen LogP contribution in [0.25, 0.3) is 0 Å². The van der Waals surface area contributed by atoms with Gasteiger partial charge >= 0.3 is 0 Å². The van der Waals surface area contributed by atoms with E-state index in [0.29, 0.717) is 5.92 Å². The van der Waals surface area contributed by atoms with Crippen molar-refractivity contribution in [1.82, 2.24) is 10.3 Å². The SMILES string of the molecule is CSCCN(C)c1nc(C)c(CNCC(C)C)s1. The molecule has 1 aromatic heterocycles. The zero-order valence-electron chi connectivity index (χ0n) is 12.1. The summed E-state index contributed by atoms with van der Waals surface area (Å²) in [5, 5.41) is 4.63. The molecular formula is C13H25N3S2. The summed E-state index contributed by atoms with van der Waals surface area (Å²) in [6.45, 7) is 9.64. The Morgan fingerprint density at radius 1 is 1.44 bits per heavy atom. The molecule has 0 atom stereocenters. The van der Waals surface area contributed by atoms with E-state index in [2.05, 4.69) is 49.3 Å². The maximum absolute atomic E-state index is 4.66. The summed E-state index contributed by atoms with van der Waals surface area (Å²) in [4.78, 5) is 8.27. The van der Waals surface area contributed by atoms with Crippen LogP contribution in [-0.2, 0) is 6.54 Å². The number of thioether (sulfide) groups is 1. The number of nitrogens with one attached hydrogen (secondary N) is 1. The van der Waals surface area contributed by atoms with Crippen molar-refractivity contribution in [2.24, 2.45) is 5.92 Å². The Morgan fingerprint density at radius 2 is 2.17 bits per heavy atom. The third kappa shape index (κ3) is 5.16. The lowest BCUT2D eigenvalue weighted by Crippen LogP contribution is -2.19. The number of thiazole rings is 1. The van der Waals surface area contributed by atoms with Crippen LogP contribution < -0.4 is 10.2 Å². The highest BCUT2D eigenvalue weighted by Crippen LogP contribution is 2.25. The van der Waals surface area contributed by atoms with Gasteiger partial charge in [0.15, 0.2) is 5.13 Å². The highest BCUT2D eigenvalue weighted by Gasteiger charge is 2.10. The summed E-state index contributed by atoms with van der Waals surface area (Å²) >= 11 is 3.69. The van der Waals surface area contributed by atoms with E-state index in [9.17, 15) is 0 Å². The highest BCUT2D eigenvalue weighted by atomic mass is 32.2. The predicted octanol–water partition coefficient (Wildman–Crippen LogP) is 3.00. The smallest absolute Gasteiger partial charge is 0.185 e. The molecular weight excluding hydrogens is 262 g/mol. The van der Waals surface area contributed by atoms with Crippen molar-refractivity contribution in [3.63, 3.8) is 0 Å². The number of hydrogen-bond donors (Lipinski definition) is 1. The molecule has 5 heteroatoms. The Kier molecular flexibility index (Phi) is 7.04. The number of nitrogens with zero attached hydrogens (tertiary/aromatic N) is 2. The van der Waals surface area contributed by atoms with Gasteiger partial charge in [-0.3, -0.25) is 0 Å². The van der Waals surface area contributed by atoms with Gasteiger partial charge in [0.05, 0.1) is 5.69 Å². The Labute approximate surface area is 119 Å². The molecule has 0 spiro atoms. The van der Waals surface area contributed by atoms with Crippen LogP contribution in [0, 0.1) is 12.8 Å². The van der Waals surface area contributed by atoms with E-state index in [1.165, 1.54) is 10.6 Å². The van der Waals surface area contributed by atoms with Crippen LogP contribution in [0.3, 0.4) is 0 Å². The summed E-state index contributed by atoms with van der Waals surface area (Å²) in [5.41, 5.74) is 1.17. The van der Waals surface area contributed by atoms with Crippen molar-refractivity contribution in [3.05, 3.63) is 10.6 Å². The van der Waals surface area contributed by atoms with Gasteiger partial charge in [0.2, 0.25) is 0 Å². The summed E-state index contributed by atoms with van der Waals surface area (Å²) in [7, 11) is 2.12. The minimum atomic E-state index is 0.696. The largest absolute Gasteiger partial charge is 0.350 e. The molecule has 3 nitrogen and oxygen atoms in total. The molecule has 0 unspecified atom stereocenters. The van der Waals surface area contributed by atoms with Crippen molar-refractivity contribution >= 4 is 28.2 Å². The zero-order chi connectivity index (χ0) is 13.5. The van der Waals surface area contributed by atoms with E-state index in [1.54, 1.807) is 0 Å². The maximum atomic E-state index is 4.66. The predicted molar refractivity (Wildman–Crippen MR) is 85.0 cm³/mol. The van der Waals surface area contributed by atoms with Gasteiger partial charge in [-0.1, -0.05) is 13.8 Å². The number of anilines is 1. The fourth-order valence-corrected chi connectivity index (χ4v) is 3.01. The van der Waals surface area contributed by atoms with Crippen LogP contribution in [-0.4, -0.2) is 37.1 Å². The van der Waals surface area contributed by atoms with Gasteiger partial charge < -0.3 is 10.2 Å². The second-order valence-corrected chi connectivity index (χ2v) is 6.99. The number of rotatable bonds is 8. The summed E-state index contributed by atoms with van der Waals surface area (Å²) in [6.07, 6.45) is 2.14. The van der Waals surface area contributed by atoms with Crippen molar-refractivity contribution in [1.29, 1.82) is 0 Å². The summed E-state index contributed by atoms with van der Waals surface area (Å²) < 4.78 is 0. The summed E-state index contributed by atoms with van der Waals surface area (Å²) in [6, 6.07) is 0. The number of aromatic nitrogens is 1. The van der Waals surface area contributed by atoms with E-state index in [1.807, 2.05) is 23.1 Å². The first-order valence-electron chi connectivity index (χ1n) is 6.41. The fourth-order valence-electron chi connectivity index (χ4n) is 1.54. The van der Waals surface area contributed by atoms with Gasteiger partial charge in [0, 0.05) is 30.8 Å². The Morgan fingerprint density at radius 3 is 2.78 bits per heavy atom. The van der Waals surface area contributed by atoms with Crippen molar-refractivity contribution in [2.45, 2.75) is 27.3 Å². The molecule has 104 valence electrons. The van der Waals surface area contributed by atoms with E-state index in [4.69, 9.17) is 0 Å². The average Bonchev–Trinajstić information content (AvgIpc) is 2.67. The van der Waals surface area contributed by atoms with Crippen LogP contribution >= 0.6 is 23.1 Å². The second kappa shape index (κ2) is 8.02. The minimum absolute atomic E-state index is 0.696. The molecule has 0 aliphatic carbocycles. The van der Waals surface area contributed by atoms with Crippen molar-refractivity contribution < 1.29 is 0 Å². The van der Waals surface area contributed by atoms with E-state index < -0.39 is 0 Å². The lowest BCUT2D eigenvalue weighted by atomic mass is 10.2. The van der Waals surface area contributed by atoms with E-state index in [-0.39, 0.29) is 0 Å². The van der Waals surface area contributed by atoms with Crippen molar-refractivity contribution in [3.8, 4) is 0 Å². The molecule has 0 amide bonds. The Hall–Kier alpha value is -0.260. The minimum Gasteiger partial charge on any atom is -0.350 e. The molecule has 0 bridgehead atoms. The first kappa shape index (κ1) is 15.8. The lowest BCUT2D eigenvalue weighted by Gasteiger charge is -2.14. The quantitative estimate of drug-likeness (QED) is 0.795. The summed E-state index contributed by atoms with van der Waals surface area (Å²) in [5.74, 6) is 1.85. The molecule has 0 fully saturated rings. The van der Waals surface area contributed by atoms with Gasteiger partial charge in [-0.2, -0.15) is 11.8 Å². The monoisotopic (exact) mass is 287 g/mol. The van der Waals surface area contributed by atoms with Crippen LogP contribution in [0.5, 0.6) is 0 Å². The topological polar surface area (TPSA) is 28.2 Å². The molecule has 1 rings (SSSR count). The lowest BCUT2D eigenvalue weighted by molar-refractivity contribution is 0.554. The van der Waals surface area contributed by atoms with Gasteiger partial charge in [-0.05, 0) is 25.6 Å². The Bertz CT molecular complexity index is 350. The highest BCUT2D eigenvalue weighted by molar-refractivity contribution is 7.98. The van der Waals surface area contributed by atoms with Crippen LogP contribution in [0.1, 0.15) is 24.4 Å². The molecule has 0 saturated carbocycles. The van der Waals surface area contributed by atoms with E-state index >= 15 is 0 Å². The molecule has 0 aromatic carbocycles. The first-order valence-corrected chi connectivity index (χ1v) is 8.62. The molecule has 0 saturated heterocycles. The second-order valence-electron chi connectivity index (χ2n) is 4.94. The van der Waals surface area contributed by atoms with Gasteiger partial charge in [-0.15, -0.1) is 11.3 Å². The molecule has 1 aromatic rings. The Balaban J connectivity index is 2.52.